The van der Waals surface area contributed by atoms with Crippen LogP contribution < -0.4 is 15.8 Å². The number of carbonyl (C=O) groups is 1. The molecule has 1 heterocycles. The molecule has 0 spiro atoms. The summed E-state index contributed by atoms with van der Waals surface area (Å²) in [5.41, 5.74) is 6.34. The molecular weight excluding hydrogens is 270 g/mol. The summed E-state index contributed by atoms with van der Waals surface area (Å²) in [6.07, 6.45) is 7.42. The van der Waals surface area contributed by atoms with Crippen LogP contribution in [0.3, 0.4) is 0 Å². The summed E-state index contributed by atoms with van der Waals surface area (Å²) in [7, 11) is 1.52. The Hall–Kier alpha value is -1.66. The Morgan fingerprint density at radius 3 is 2.90 bits per heavy atom. The van der Waals surface area contributed by atoms with Crippen LogP contribution in [0.2, 0.25) is 0 Å². The highest BCUT2D eigenvalue weighted by Crippen LogP contribution is 2.19. The Labute approximate surface area is 125 Å². The van der Waals surface area contributed by atoms with Gasteiger partial charge in [-0.1, -0.05) is 0 Å². The summed E-state index contributed by atoms with van der Waals surface area (Å²) in [5.74, 6) is 0.292. The highest BCUT2D eigenvalue weighted by molar-refractivity contribution is 5.96. The Balaban J connectivity index is 1.70. The maximum atomic E-state index is 12.0. The Bertz CT molecular complexity index is 459. The number of aromatic nitrogens is 1. The average molecular weight is 293 g/mol. The molecule has 0 radical (unpaired) electrons. The second-order valence-electron chi connectivity index (χ2n) is 5.24. The predicted molar refractivity (Wildman–Crippen MR) is 79.3 cm³/mol. The van der Waals surface area contributed by atoms with E-state index in [1.807, 2.05) is 0 Å². The van der Waals surface area contributed by atoms with E-state index in [4.69, 9.17) is 15.2 Å². The van der Waals surface area contributed by atoms with Crippen molar-refractivity contribution in [1.29, 1.82) is 0 Å². The van der Waals surface area contributed by atoms with Crippen LogP contribution in [0.1, 0.15) is 36.0 Å². The molecule has 1 aliphatic carbocycles. The van der Waals surface area contributed by atoms with E-state index in [9.17, 15) is 4.79 Å². The quantitative estimate of drug-likeness (QED) is 0.767. The van der Waals surface area contributed by atoms with Crippen molar-refractivity contribution >= 4 is 5.91 Å². The predicted octanol–water partition coefficient (Wildman–Crippen LogP) is 1.11. The number of amides is 1. The molecule has 6 heteroatoms. The molecule has 1 amide bonds. The van der Waals surface area contributed by atoms with E-state index < -0.39 is 0 Å². The number of hydrogen-bond donors (Lipinski definition) is 2. The summed E-state index contributed by atoms with van der Waals surface area (Å²) in [5, 5.41) is 2.83. The van der Waals surface area contributed by atoms with E-state index in [1.54, 1.807) is 12.3 Å². The van der Waals surface area contributed by atoms with Crippen molar-refractivity contribution in [2.45, 2.75) is 37.8 Å². The van der Waals surface area contributed by atoms with Crippen molar-refractivity contribution in [1.82, 2.24) is 10.3 Å². The van der Waals surface area contributed by atoms with E-state index in [0.717, 1.165) is 25.7 Å². The summed E-state index contributed by atoms with van der Waals surface area (Å²) >= 11 is 0. The third-order valence-electron chi connectivity index (χ3n) is 3.71. The lowest BCUT2D eigenvalue weighted by Crippen LogP contribution is -2.33. The minimum Gasteiger partial charge on any atom is -0.494 e. The van der Waals surface area contributed by atoms with Crippen LogP contribution in [0.25, 0.3) is 0 Å². The molecular formula is C15H23N3O3. The van der Waals surface area contributed by atoms with Crippen molar-refractivity contribution in [2.24, 2.45) is 5.73 Å². The minimum absolute atomic E-state index is 0.177. The molecule has 0 aromatic carbocycles. The van der Waals surface area contributed by atoms with Gasteiger partial charge in [-0.25, -0.2) is 0 Å². The van der Waals surface area contributed by atoms with Gasteiger partial charge < -0.3 is 20.5 Å². The highest BCUT2D eigenvalue weighted by atomic mass is 16.5. The topological polar surface area (TPSA) is 86.5 Å². The smallest absolute Gasteiger partial charge is 0.255 e. The molecule has 0 aliphatic heterocycles. The fourth-order valence-electron chi connectivity index (χ4n) is 2.47. The summed E-state index contributed by atoms with van der Waals surface area (Å²) in [4.78, 5) is 15.9. The van der Waals surface area contributed by atoms with Gasteiger partial charge in [-0.3, -0.25) is 9.78 Å². The second kappa shape index (κ2) is 7.95. The van der Waals surface area contributed by atoms with Gasteiger partial charge in [-0.2, -0.15) is 0 Å². The number of nitrogens with one attached hydrogen (secondary N) is 1. The number of rotatable bonds is 6. The summed E-state index contributed by atoms with van der Waals surface area (Å²) in [6.45, 7) is 0.992. The van der Waals surface area contributed by atoms with E-state index in [1.165, 1.54) is 13.3 Å². The molecule has 1 aromatic rings. The van der Waals surface area contributed by atoms with Crippen LogP contribution >= 0.6 is 0 Å². The lowest BCUT2D eigenvalue weighted by atomic mass is 9.94. The first-order valence-corrected chi connectivity index (χ1v) is 7.34. The summed E-state index contributed by atoms with van der Waals surface area (Å²) in [6, 6.07) is 1.96. The highest BCUT2D eigenvalue weighted by Gasteiger charge is 2.18. The third kappa shape index (κ3) is 4.68. The molecule has 0 saturated heterocycles. The monoisotopic (exact) mass is 293 g/mol. The lowest BCUT2D eigenvalue weighted by Gasteiger charge is -2.26. The van der Waals surface area contributed by atoms with Gasteiger partial charge in [0.2, 0.25) is 0 Å². The molecule has 0 unspecified atom stereocenters. The number of ether oxygens (including phenoxy) is 2. The van der Waals surface area contributed by atoms with Gasteiger partial charge in [0.15, 0.2) is 0 Å². The maximum Gasteiger partial charge on any atom is 0.255 e. The minimum atomic E-state index is -0.177. The number of methoxy groups -OCH3 is 1. The maximum absolute atomic E-state index is 12.0. The molecule has 1 aromatic heterocycles. The lowest BCUT2D eigenvalue weighted by molar-refractivity contribution is 0.0267. The Kier molecular flexibility index (Phi) is 5.95. The zero-order valence-electron chi connectivity index (χ0n) is 12.4. The number of pyridine rings is 1. The molecule has 6 nitrogen and oxygen atoms in total. The molecule has 2 rings (SSSR count). The zero-order chi connectivity index (χ0) is 15.1. The van der Waals surface area contributed by atoms with E-state index in [2.05, 4.69) is 10.3 Å². The van der Waals surface area contributed by atoms with Crippen LogP contribution in [0.5, 0.6) is 5.75 Å². The first kappa shape index (κ1) is 15.7. The van der Waals surface area contributed by atoms with Gasteiger partial charge in [0.25, 0.3) is 5.91 Å². The number of hydrogen-bond acceptors (Lipinski definition) is 5. The van der Waals surface area contributed by atoms with Crippen LogP contribution in [-0.2, 0) is 4.74 Å². The van der Waals surface area contributed by atoms with Gasteiger partial charge in [0, 0.05) is 18.8 Å². The van der Waals surface area contributed by atoms with Gasteiger partial charge in [0.05, 0.1) is 31.6 Å². The van der Waals surface area contributed by atoms with Gasteiger partial charge in [0.1, 0.15) is 5.75 Å². The van der Waals surface area contributed by atoms with Crippen LogP contribution in [-0.4, -0.2) is 43.3 Å². The SMILES string of the molecule is COc1cnccc1C(=O)NCCOC1CCC(N)CC1. The van der Waals surface area contributed by atoms with Crippen LogP contribution in [0.4, 0.5) is 0 Å². The van der Waals surface area contributed by atoms with E-state index in [-0.39, 0.29) is 12.0 Å². The van der Waals surface area contributed by atoms with Crippen molar-refractivity contribution in [3.8, 4) is 5.75 Å². The first-order chi connectivity index (χ1) is 10.2. The number of nitrogens with two attached hydrogens (primary N) is 1. The van der Waals surface area contributed by atoms with Crippen molar-refractivity contribution in [2.75, 3.05) is 20.3 Å². The Morgan fingerprint density at radius 1 is 1.43 bits per heavy atom. The Morgan fingerprint density at radius 2 is 2.19 bits per heavy atom. The second-order valence-corrected chi connectivity index (χ2v) is 5.24. The molecule has 3 N–H and O–H groups in total. The largest absolute Gasteiger partial charge is 0.494 e. The van der Waals surface area contributed by atoms with Gasteiger partial charge in [-0.15, -0.1) is 0 Å². The average Bonchev–Trinajstić information content (AvgIpc) is 2.53. The van der Waals surface area contributed by atoms with E-state index >= 15 is 0 Å². The molecule has 21 heavy (non-hydrogen) atoms. The van der Waals surface area contributed by atoms with Crippen molar-refractivity contribution in [3.05, 3.63) is 24.0 Å². The number of carbonyl (C=O) groups excluding carboxylic acids is 1. The van der Waals surface area contributed by atoms with Crippen LogP contribution in [0, 0.1) is 0 Å². The van der Waals surface area contributed by atoms with Gasteiger partial charge in [-0.05, 0) is 31.7 Å². The molecule has 1 saturated carbocycles. The molecule has 1 fully saturated rings. The summed E-state index contributed by atoms with van der Waals surface area (Å²) < 4.78 is 10.9. The third-order valence-corrected chi connectivity index (χ3v) is 3.71. The first-order valence-electron chi connectivity index (χ1n) is 7.34. The molecule has 1 aliphatic rings. The molecule has 116 valence electrons. The van der Waals surface area contributed by atoms with E-state index in [0.29, 0.717) is 30.5 Å². The fourth-order valence-corrected chi connectivity index (χ4v) is 2.47. The standard InChI is InChI=1S/C15H23N3O3/c1-20-14-10-17-7-6-13(14)15(19)18-8-9-21-12-4-2-11(16)3-5-12/h6-7,10-12H,2-5,8-9,16H2,1H3,(H,18,19). The van der Waals surface area contributed by atoms with Crippen molar-refractivity contribution in [3.63, 3.8) is 0 Å². The fraction of sp³-hybridized carbons (Fsp3) is 0.600. The van der Waals surface area contributed by atoms with Gasteiger partial charge >= 0.3 is 0 Å². The molecule has 0 bridgehead atoms. The normalized spacial score (nSPS) is 21.8. The van der Waals surface area contributed by atoms with Crippen LogP contribution in [0.15, 0.2) is 18.5 Å². The van der Waals surface area contributed by atoms with Crippen molar-refractivity contribution < 1.29 is 14.3 Å². The zero-order valence-corrected chi connectivity index (χ0v) is 12.4. The number of nitrogens with zero attached hydrogens (tertiary/aromatic N) is 1. The molecule has 0 atom stereocenters.